The summed E-state index contributed by atoms with van der Waals surface area (Å²) >= 11 is 6.07. The number of carbonyl (C=O) groups is 2. The Labute approximate surface area is 158 Å². The smallest absolute Gasteiger partial charge is 0.256 e. The van der Waals surface area contributed by atoms with Gasteiger partial charge in [-0.25, -0.2) is 0 Å². The number of benzene rings is 1. The summed E-state index contributed by atoms with van der Waals surface area (Å²) < 4.78 is 0. The first-order chi connectivity index (χ1) is 12.5. The molecule has 2 aliphatic rings. The largest absolute Gasteiger partial charge is 0.376 e. The van der Waals surface area contributed by atoms with Gasteiger partial charge < -0.3 is 15.5 Å². The molecule has 1 heterocycles. The first kappa shape index (κ1) is 18.5. The maximum absolute atomic E-state index is 12.7. The fraction of sp³-hybridized carbons (Fsp3) is 0.526. The zero-order valence-electron chi connectivity index (χ0n) is 14.7. The summed E-state index contributed by atoms with van der Waals surface area (Å²) in [7, 11) is 0. The number of hydrogen-bond acceptors (Lipinski definition) is 4. The Morgan fingerprint density at radius 3 is 2.54 bits per heavy atom. The minimum atomic E-state index is -0.743. The lowest BCUT2D eigenvalue weighted by Gasteiger charge is -2.23. The molecule has 1 aliphatic heterocycles. The van der Waals surface area contributed by atoms with Crippen LogP contribution in [0.25, 0.3) is 0 Å². The number of amides is 2. The van der Waals surface area contributed by atoms with E-state index in [4.69, 9.17) is 11.6 Å². The highest BCUT2D eigenvalue weighted by atomic mass is 35.5. The number of hydrogen-bond donors (Lipinski definition) is 2. The fourth-order valence-electron chi connectivity index (χ4n) is 3.67. The molecule has 1 saturated heterocycles. The van der Waals surface area contributed by atoms with Crippen LogP contribution >= 0.6 is 11.6 Å². The van der Waals surface area contributed by atoms with Gasteiger partial charge in [0.2, 0.25) is 5.91 Å². The lowest BCUT2D eigenvalue weighted by Crippen LogP contribution is -2.47. The van der Waals surface area contributed by atoms with E-state index in [1.807, 2.05) is 0 Å². The third-order valence-corrected chi connectivity index (χ3v) is 5.33. The van der Waals surface area contributed by atoms with Gasteiger partial charge in [0.05, 0.1) is 18.2 Å². The van der Waals surface area contributed by atoms with Crippen molar-refractivity contribution in [2.45, 2.75) is 44.1 Å². The molecule has 26 heavy (non-hydrogen) atoms. The topological polar surface area (TPSA) is 85.2 Å². The Bertz CT molecular complexity index is 732. The van der Waals surface area contributed by atoms with Crippen molar-refractivity contribution in [3.63, 3.8) is 0 Å². The Morgan fingerprint density at radius 1 is 1.19 bits per heavy atom. The lowest BCUT2D eigenvalue weighted by molar-refractivity contribution is -0.120. The highest BCUT2D eigenvalue weighted by Gasteiger charge is 2.35. The number of halogens is 1. The molecule has 1 aliphatic carbocycles. The van der Waals surface area contributed by atoms with E-state index in [0.717, 1.165) is 38.8 Å². The fourth-order valence-corrected chi connectivity index (χ4v) is 3.84. The molecule has 1 aromatic carbocycles. The standard InChI is InChI=1S/C19H23ClN4O2/c20-14-5-6-16(15(11-14)18(26)24-9-3-4-10-24)22-12-17(25)23-19(13-21)7-1-2-8-19/h5-6,11,22H,1-4,7-10,12H2,(H,23,25). The molecule has 0 bridgehead atoms. The molecule has 1 saturated carbocycles. The normalized spacial score (nSPS) is 18.4. The number of anilines is 1. The van der Waals surface area contributed by atoms with E-state index in [1.165, 1.54) is 0 Å². The minimum absolute atomic E-state index is 0.00530. The lowest BCUT2D eigenvalue weighted by atomic mass is 10.00. The molecule has 3 rings (SSSR count). The molecule has 0 spiro atoms. The van der Waals surface area contributed by atoms with Gasteiger partial charge in [0.1, 0.15) is 5.54 Å². The second-order valence-electron chi connectivity index (χ2n) is 6.99. The van der Waals surface area contributed by atoms with Gasteiger partial charge in [0.25, 0.3) is 5.91 Å². The van der Waals surface area contributed by atoms with Gasteiger partial charge in [0, 0.05) is 23.8 Å². The number of likely N-dealkylation sites (tertiary alicyclic amines) is 1. The molecule has 138 valence electrons. The van der Waals surface area contributed by atoms with Crippen LogP contribution in [-0.2, 0) is 4.79 Å². The molecule has 2 amide bonds. The van der Waals surface area contributed by atoms with Gasteiger partial charge >= 0.3 is 0 Å². The first-order valence-corrected chi connectivity index (χ1v) is 9.46. The van der Waals surface area contributed by atoms with Gasteiger partial charge in [-0.05, 0) is 56.7 Å². The van der Waals surface area contributed by atoms with Crippen LogP contribution in [0.4, 0.5) is 5.69 Å². The molecule has 0 aromatic heterocycles. The molecular weight excluding hydrogens is 352 g/mol. The molecule has 1 aromatic rings. The van der Waals surface area contributed by atoms with Crippen LogP contribution in [0.3, 0.4) is 0 Å². The Balaban J connectivity index is 1.67. The van der Waals surface area contributed by atoms with Crippen molar-refractivity contribution in [1.82, 2.24) is 10.2 Å². The van der Waals surface area contributed by atoms with E-state index in [2.05, 4.69) is 16.7 Å². The Kier molecular flexibility index (Phi) is 5.67. The highest BCUT2D eigenvalue weighted by molar-refractivity contribution is 6.31. The molecule has 2 fully saturated rings. The van der Waals surface area contributed by atoms with Crippen molar-refractivity contribution in [2.24, 2.45) is 0 Å². The molecule has 0 radical (unpaired) electrons. The van der Waals surface area contributed by atoms with Crippen molar-refractivity contribution < 1.29 is 9.59 Å². The third kappa shape index (κ3) is 4.10. The van der Waals surface area contributed by atoms with Gasteiger partial charge in [-0.1, -0.05) is 11.6 Å². The van der Waals surface area contributed by atoms with E-state index < -0.39 is 5.54 Å². The minimum Gasteiger partial charge on any atom is -0.376 e. The van der Waals surface area contributed by atoms with Crippen molar-refractivity contribution >= 4 is 29.1 Å². The monoisotopic (exact) mass is 374 g/mol. The van der Waals surface area contributed by atoms with E-state index >= 15 is 0 Å². The summed E-state index contributed by atoms with van der Waals surface area (Å²) in [6, 6.07) is 7.29. The molecule has 0 unspecified atom stereocenters. The van der Waals surface area contributed by atoms with E-state index in [-0.39, 0.29) is 18.4 Å². The second-order valence-corrected chi connectivity index (χ2v) is 7.43. The summed E-state index contributed by atoms with van der Waals surface area (Å²) in [4.78, 5) is 26.8. The SMILES string of the molecule is N#CC1(NC(=O)CNc2ccc(Cl)cc2C(=O)N2CCCC2)CCCC1. The zero-order valence-corrected chi connectivity index (χ0v) is 15.4. The van der Waals surface area contributed by atoms with Crippen LogP contribution in [0.1, 0.15) is 48.9 Å². The van der Waals surface area contributed by atoms with Gasteiger partial charge in [-0.3, -0.25) is 9.59 Å². The summed E-state index contributed by atoms with van der Waals surface area (Å²) in [5.74, 6) is -0.319. The van der Waals surface area contributed by atoms with Gasteiger partial charge in [-0.15, -0.1) is 0 Å². The molecule has 0 atom stereocenters. The number of nitrogens with zero attached hydrogens (tertiary/aromatic N) is 2. The van der Waals surface area contributed by atoms with Crippen LogP contribution in [0.5, 0.6) is 0 Å². The maximum Gasteiger partial charge on any atom is 0.256 e. The number of rotatable bonds is 5. The van der Waals surface area contributed by atoms with E-state index in [0.29, 0.717) is 29.1 Å². The predicted octanol–water partition coefficient (Wildman–Crippen LogP) is 2.94. The maximum atomic E-state index is 12.7. The summed E-state index contributed by atoms with van der Waals surface area (Å²) in [5, 5.41) is 15.7. The number of nitrogens with one attached hydrogen (secondary N) is 2. The summed E-state index contributed by atoms with van der Waals surface area (Å²) in [5.41, 5.74) is 0.314. The van der Waals surface area contributed by atoms with Crippen molar-refractivity contribution in [3.05, 3.63) is 28.8 Å². The first-order valence-electron chi connectivity index (χ1n) is 9.08. The van der Waals surface area contributed by atoms with E-state index in [1.54, 1.807) is 23.1 Å². The summed E-state index contributed by atoms with van der Waals surface area (Å²) in [6.45, 7) is 1.50. The summed E-state index contributed by atoms with van der Waals surface area (Å²) in [6.07, 6.45) is 5.30. The molecule has 7 heteroatoms. The number of carbonyl (C=O) groups excluding carboxylic acids is 2. The number of nitriles is 1. The van der Waals surface area contributed by atoms with Crippen LogP contribution in [0.2, 0.25) is 5.02 Å². The van der Waals surface area contributed by atoms with Crippen molar-refractivity contribution in [3.8, 4) is 6.07 Å². The highest BCUT2D eigenvalue weighted by Crippen LogP contribution is 2.29. The third-order valence-electron chi connectivity index (χ3n) is 5.09. The molecular formula is C19H23ClN4O2. The molecule has 2 N–H and O–H groups in total. The van der Waals surface area contributed by atoms with Crippen molar-refractivity contribution in [1.29, 1.82) is 5.26 Å². The average molecular weight is 375 g/mol. The van der Waals surface area contributed by atoms with E-state index in [9.17, 15) is 14.9 Å². The van der Waals surface area contributed by atoms with Crippen LogP contribution in [0, 0.1) is 11.3 Å². The quantitative estimate of drug-likeness (QED) is 0.829. The van der Waals surface area contributed by atoms with Gasteiger partial charge in [0.15, 0.2) is 0 Å². The van der Waals surface area contributed by atoms with Crippen LogP contribution in [-0.4, -0.2) is 41.9 Å². The second kappa shape index (κ2) is 7.96. The Morgan fingerprint density at radius 2 is 1.88 bits per heavy atom. The zero-order chi connectivity index (χ0) is 18.6. The molecule has 6 nitrogen and oxygen atoms in total. The predicted molar refractivity (Wildman–Crippen MR) is 100 cm³/mol. The van der Waals surface area contributed by atoms with Crippen molar-refractivity contribution in [2.75, 3.05) is 25.0 Å². The van der Waals surface area contributed by atoms with Crippen LogP contribution in [0.15, 0.2) is 18.2 Å². The van der Waals surface area contributed by atoms with Crippen LogP contribution < -0.4 is 10.6 Å². The van der Waals surface area contributed by atoms with Gasteiger partial charge in [-0.2, -0.15) is 5.26 Å². The Hall–Kier alpha value is -2.26. The average Bonchev–Trinajstić information content (AvgIpc) is 3.32.